The van der Waals surface area contributed by atoms with Crippen LogP contribution in [0.1, 0.15) is 6.42 Å². The number of carbonyl (C=O) groups excluding carboxylic acids is 2. The molecule has 9 heteroatoms. The molecule has 0 saturated carbocycles. The average molecular weight is 457 g/mol. The normalized spacial score (nSPS) is 14.3. The highest BCUT2D eigenvalue weighted by Gasteiger charge is 2.22. The summed E-state index contributed by atoms with van der Waals surface area (Å²) in [5.74, 6) is 0.197. The molecule has 29 heavy (non-hydrogen) atoms. The van der Waals surface area contributed by atoms with Crippen molar-refractivity contribution in [3.05, 3.63) is 57.5 Å². The zero-order chi connectivity index (χ0) is 20.8. The molecule has 3 amide bonds. The number of benzene rings is 2. The van der Waals surface area contributed by atoms with E-state index in [1.165, 1.54) is 0 Å². The Morgan fingerprint density at radius 2 is 1.66 bits per heavy atom. The number of urea groups is 1. The van der Waals surface area contributed by atoms with Crippen molar-refractivity contribution in [1.82, 2.24) is 9.80 Å². The molecule has 0 bridgehead atoms. The van der Waals surface area contributed by atoms with Crippen LogP contribution >= 0.6 is 34.8 Å². The van der Waals surface area contributed by atoms with E-state index in [0.717, 1.165) is 0 Å². The largest absolute Gasteiger partial charge is 0.482 e. The van der Waals surface area contributed by atoms with E-state index >= 15 is 0 Å². The van der Waals surface area contributed by atoms with Gasteiger partial charge in [-0.3, -0.25) is 4.79 Å². The molecular formula is C20H20Cl3N3O3. The zero-order valence-electron chi connectivity index (χ0n) is 15.5. The summed E-state index contributed by atoms with van der Waals surface area (Å²) in [5, 5.41) is 4.25. The van der Waals surface area contributed by atoms with Crippen LogP contribution in [0.15, 0.2) is 42.5 Å². The molecule has 0 aliphatic carbocycles. The SMILES string of the molecule is O=C(COc1cc(Cl)ccc1Cl)N1CCCN(C(=O)Nc2cccc(Cl)c2)CC1. The number of anilines is 1. The van der Waals surface area contributed by atoms with E-state index in [1.54, 1.807) is 52.3 Å². The molecule has 3 rings (SSSR count). The Bertz CT molecular complexity index is 894. The third-order valence-electron chi connectivity index (χ3n) is 4.46. The Morgan fingerprint density at radius 1 is 0.931 bits per heavy atom. The second kappa shape index (κ2) is 10.1. The zero-order valence-corrected chi connectivity index (χ0v) is 17.8. The first-order chi connectivity index (χ1) is 13.9. The quantitative estimate of drug-likeness (QED) is 0.719. The van der Waals surface area contributed by atoms with Gasteiger partial charge in [-0.15, -0.1) is 0 Å². The lowest BCUT2D eigenvalue weighted by molar-refractivity contribution is -0.133. The molecule has 0 unspecified atom stereocenters. The molecule has 1 aliphatic rings. The lowest BCUT2D eigenvalue weighted by Crippen LogP contribution is -2.40. The van der Waals surface area contributed by atoms with Crippen molar-refractivity contribution in [3.8, 4) is 5.75 Å². The maximum Gasteiger partial charge on any atom is 0.321 e. The number of hydrogen-bond donors (Lipinski definition) is 1. The fourth-order valence-corrected chi connectivity index (χ4v) is 3.48. The number of nitrogens with zero attached hydrogens (tertiary/aromatic N) is 2. The smallest absolute Gasteiger partial charge is 0.321 e. The number of nitrogens with one attached hydrogen (secondary N) is 1. The van der Waals surface area contributed by atoms with Gasteiger partial charge < -0.3 is 19.9 Å². The van der Waals surface area contributed by atoms with Gasteiger partial charge in [0.25, 0.3) is 5.91 Å². The van der Waals surface area contributed by atoms with E-state index in [4.69, 9.17) is 39.5 Å². The molecular weight excluding hydrogens is 437 g/mol. The highest BCUT2D eigenvalue weighted by atomic mass is 35.5. The molecule has 6 nitrogen and oxygen atoms in total. The summed E-state index contributed by atoms with van der Waals surface area (Å²) in [6.45, 7) is 1.81. The number of halogens is 3. The first-order valence-electron chi connectivity index (χ1n) is 9.09. The Hall–Kier alpha value is -2.15. The van der Waals surface area contributed by atoms with Crippen LogP contribution in [0.25, 0.3) is 0 Å². The van der Waals surface area contributed by atoms with Crippen molar-refractivity contribution in [2.45, 2.75) is 6.42 Å². The second-order valence-electron chi connectivity index (χ2n) is 6.53. The third-order valence-corrected chi connectivity index (χ3v) is 5.24. The summed E-state index contributed by atoms with van der Waals surface area (Å²) < 4.78 is 5.52. The number of hydrogen-bond acceptors (Lipinski definition) is 3. The summed E-state index contributed by atoms with van der Waals surface area (Å²) in [5.41, 5.74) is 0.631. The first-order valence-corrected chi connectivity index (χ1v) is 10.2. The second-order valence-corrected chi connectivity index (χ2v) is 7.81. The van der Waals surface area contributed by atoms with Gasteiger partial charge >= 0.3 is 6.03 Å². The van der Waals surface area contributed by atoms with E-state index in [0.29, 0.717) is 59.1 Å². The molecule has 154 valence electrons. The molecule has 1 saturated heterocycles. The molecule has 0 spiro atoms. The molecule has 0 radical (unpaired) electrons. The summed E-state index contributed by atoms with van der Waals surface area (Å²) in [6, 6.07) is 11.6. The average Bonchev–Trinajstić information content (AvgIpc) is 2.95. The topological polar surface area (TPSA) is 61.9 Å². The Balaban J connectivity index is 1.51. The van der Waals surface area contributed by atoms with Crippen LogP contribution in [-0.4, -0.2) is 54.5 Å². The Kier molecular flexibility index (Phi) is 7.47. The van der Waals surface area contributed by atoms with Gasteiger partial charge in [0.05, 0.1) is 5.02 Å². The van der Waals surface area contributed by atoms with Crippen molar-refractivity contribution in [2.75, 3.05) is 38.1 Å². The third kappa shape index (κ3) is 6.16. The number of rotatable bonds is 4. The van der Waals surface area contributed by atoms with Crippen LogP contribution in [0.3, 0.4) is 0 Å². The first kappa shape index (κ1) is 21.6. The van der Waals surface area contributed by atoms with Gasteiger partial charge in [0.2, 0.25) is 0 Å². The van der Waals surface area contributed by atoms with Gasteiger partial charge in [0.15, 0.2) is 6.61 Å². The Labute approximate surface area is 184 Å². The van der Waals surface area contributed by atoms with Crippen LogP contribution in [0.2, 0.25) is 15.1 Å². The van der Waals surface area contributed by atoms with Crippen LogP contribution < -0.4 is 10.1 Å². The van der Waals surface area contributed by atoms with Crippen molar-refractivity contribution >= 4 is 52.4 Å². The standard InChI is InChI=1S/C20H20Cl3N3O3/c21-14-3-1-4-16(11-14)24-20(28)26-8-2-7-25(9-10-26)19(27)13-29-18-12-15(22)5-6-17(18)23/h1,3-6,11-12H,2,7-10,13H2,(H,24,28). The maximum absolute atomic E-state index is 12.5. The van der Waals surface area contributed by atoms with E-state index < -0.39 is 0 Å². The minimum atomic E-state index is -0.219. The molecule has 1 heterocycles. The van der Waals surface area contributed by atoms with E-state index in [-0.39, 0.29) is 18.5 Å². The lowest BCUT2D eigenvalue weighted by atomic mass is 10.3. The van der Waals surface area contributed by atoms with Crippen LogP contribution in [-0.2, 0) is 4.79 Å². The van der Waals surface area contributed by atoms with E-state index in [9.17, 15) is 9.59 Å². The molecule has 1 fully saturated rings. The van der Waals surface area contributed by atoms with Gasteiger partial charge in [-0.1, -0.05) is 40.9 Å². The fraction of sp³-hybridized carbons (Fsp3) is 0.300. The minimum Gasteiger partial charge on any atom is -0.482 e. The van der Waals surface area contributed by atoms with Gasteiger partial charge in [-0.25, -0.2) is 4.79 Å². The molecule has 2 aromatic rings. The highest BCUT2D eigenvalue weighted by Crippen LogP contribution is 2.27. The summed E-state index contributed by atoms with van der Waals surface area (Å²) in [6.07, 6.45) is 0.673. The number of carbonyl (C=O) groups is 2. The number of ether oxygens (including phenoxy) is 1. The summed E-state index contributed by atoms with van der Waals surface area (Å²) in [7, 11) is 0. The van der Waals surface area contributed by atoms with Crippen LogP contribution in [0, 0.1) is 0 Å². The van der Waals surface area contributed by atoms with Gasteiger partial charge in [0.1, 0.15) is 5.75 Å². The monoisotopic (exact) mass is 455 g/mol. The molecule has 1 aliphatic heterocycles. The molecule has 1 N–H and O–H groups in total. The molecule has 0 aromatic heterocycles. The molecule has 0 atom stereocenters. The van der Waals surface area contributed by atoms with E-state index in [2.05, 4.69) is 5.32 Å². The van der Waals surface area contributed by atoms with Crippen LogP contribution in [0.5, 0.6) is 5.75 Å². The van der Waals surface area contributed by atoms with Gasteiger partial charge in [-0.2, -0.15) is 0 Å². The summed E-state index contributed by atoms with van der Waals surface area (Å²) >= 11 is 17.9. The maximum atomic E-state index is 12.5. The van der Waals surface area contributed by atoms with Crippen molar-refractivity contribution < 1.29 is 14.3 Å². The lowest BCUT2D eigenvalue weighted by Gasteiger charge is -2.22. The predicted molar refractivity (Wildman–Crippen MR) is 115 cm³/mol. The van der Waals surface area contributed by atoms with Crippen molar-refractivity contribution in [2.24, 2.45) is 0 Å². The van der Waals surface area contributed by atoms with Gasteiger partial charge in [-0.05, 0) is 36.8 Å². The van der Waals surface area contributed by atoms with Gasteiger partial charge in [0, 0.05) is 48.0 Å². The van der Waals surface area contributed by atoms with E-state index in [1.807, 2.05) is 0 Å². The van der Waals surface area contributed by atoms with Crippen LogP contribution in [0.4, 0.5) is 10.5 Å². The Morgan fingerprint density at radius 3 is 2.45 bits per heavy atom. The molecule has 2 aromatic carbocycles. The number of amides is 3. The predicted octanol–water partition coefficient (Wildman–Crippen LogP) is 4.79. The summed E-state index contributed by atoms with van der Waals surface area (Å²) in [4.78, 5) is 28.4. The van der Waals surface area contributed by atoms with Crippen molar-refractivity contribution in [3.63, 3.8) is 0 Å². The van der Waals surface area contributed by atoms with Crippen molar-refractivity contribution in [1.29, 1.82) is 0 Å². The fourth-order valence-electron chi connectivity index (χ4n) is 2.96. The minimum absolute atomic E-state index is 0.144. The highest BCUT2D eigenvalue weighted by molar-refractivity contribution is 6.34.